The van der Waals surface area contributed by atoms with E-state index in [0.717, 1.165) is 29.0 Å². The smallest absolute Gasteiger partial charge is 0.325 e. The zero-order valence-corrected chi connectivity index (χ0v) is 16.6. The molecule has 1 atom stereocenters. The first-order valence-electron chi connectivity index (χ1n) is 9.21. The Morgan fingerprint density at radius 2 is 1.97 bits per heavy atom. The van der Waals surface area contributed by atoms with Gasteiger partial charge in [0.2, 0.25) is 5.91 Å². The maximum atomic E-state index is 12.2. The third-order valence-electron chi connectivity index (χ3n) is 4.48. The summed E-state index contributed by atoms with van der Waals surface area (Å²) in [5.74, 6) is 0.701. The van der Waals surface area contributed by atoms with Crippen LogP contribution in [0.4, 0.5) is 15.6 Å². The van der Waals surface area contributed by atoms with Gasteiger partial charge in [0.25, 0.3) is 0 Å². The van der Waals surface area contributed by atoms with Crippen molar-refractivity contribution in [1.29, 1.82) is 0 Å². The first-order chi connectivity index (χ1) is 14.1. The maximum absolute atomic E-state index is 12.2. The molecule has 148 valence electrons. The number of thiazole rings is 1. The van der Waals surface area contributed by atoms with E-state index in [1.54, 1.807) is 0 Å². The third kappa shape index (κ3) is 4.55. The molecule has 4 rings (SSSR count). The van der Waals surface area contributed by atoms with Crippen molar-refractivity contribution in [2.75, 3.05) is 17.2 Å². The zero-order chi connectivity index (χ0) is 20.2. The lowest BCUT2D eigenvalue weighted by atomic mass is 9.97. The molecule has 1 aliphatic rings. The number of rotatable bonds is 4. The first-order valence-corrected chi connectivity index (χ1v) is 10.1. The van der Waals surface area contributed by atoms with Gasteiger partial charge >= 0.3 is 6.03 Å². The lowest BCUT2D eigenvalue weighted by molar-refractivity contribution is -0.119. The van der Waals surface area contributed by atoms with E-state index in [1.165, 1.54) is 18.3 Å². The molecule has 8 heteroatoms. The van der Waals surface area contributed by atoms with Gasteiger partial charge in [-0.15, -0.1) is 11.3 Å². The Labute approximate surface area is 172 Å². The van der Waals surface area contributed by atoms with Crippen molar-refractivity contribution >= 4 is 34.1 Å². The molecule has 0 radical (unpaired) electrons. The van der Waals surface area contributed by atoms with Gasteiger partial charge in [-0.2, -0.15) is 0 Å². The standard InChI is InChI=1S/C21H20N4O3S/c1-13(26)22-17-9-10-28-19-8-7-14(11-16(17)19)18-12-29-21(24-18)25-20(27)23-15-5-3-2-4-6-15/h2-8,11-12,17H,9-10H2,1H3,(H,22,26)(H2,23,24,25,27). The average molecular weight is 408 g/mol. The number of ether oxygens (including phenoxy) is 1. The number of hydrogen-bond donors (Lipinski definition) is 3. The maximum Gasteiger partial charge on any atom is 0.325 e. The van der Waals surface area contributed by atoms with E-state index in [4.69, 9.17) is 4.74 Å². The summed E-state index contributed by atoms with van der Waals surface area (Å²) in [7, 11) is 0. The predicted octanol–water partition coefficient (Wildman–Crippen LogP) is 4.41. The van der Waals surface area contributed by atoms with Crippen LogP contribution in [0.5, 0.6) is 5.75 Å². The van der Waals surface area contributed by atoms with Crippen molar-refractivity contribution in [2.45, 2.75) is 19.4 Å². The topological polar surface area (TPSA) is 92.4 Å². The van der Waals surface area contributed by atoms with E-state index in [-0.39, 0.29) is 18.0 Å². The van der Waals surface area contributed by atoms with E-state index in [2.05, 4.69) is 20.9 Å². The van der Waals surface area contributed by atoms with Gasteiger partial charge in [-0.05, 0) is 30.3 Å². The largest absolute Gasteiger partial charge is 0.493 e. The number of para-hydroxylation sites is 1. The molecule has 0 aliphatic carbocycles. The second-order valence-electron chi connectivity index (χ2n) is 6.63. The van der Waals surface area contributed by atoms with Gasteiger partial charge < -0.3 is 15.4 Å². The molecular formula is C21H20N4O3S. The van der Waals surface area contributed by atoms with E-state index in [9.17, 15) is 9.59 Å². The first kappa shape index (κ1) is 18.9. The highest BCUT2D eigenvalue weighted by molar-refractivity contribution is 7.14. The minimum atomic E-state index is -0.346. The van der Waals surface area contributed by atoms with Crippen molar-refractivity contribution in [3.8, 4) is 17.0 Å². The van der Waals surface area contributed by atoms with Crippen LogP contribution in [0.1, 0.15) is 24.9 Å². The van der Waals surface area contributed by atoms with Crippen LogP contribution in [0.25, 0.3) is 11.3 Å². The fourth-order valence-corrected chi connectivity index (χ4v) is 3.91. The van der Waals surface area contributed by atoms with E-state index < -0.39 is 0 Å². The van der Waals surface area contributed by atoms with Crippen LogP contribution in [-0.2, 0) is 4.79 Å². The molecule has 3 aromatic rings. The van der Waals surface area contributed by atoms with Gasteiger partial charge in [0.05, 0.1) is 18.3 Å². The number of benzene rings is 2. The molecule has 3 N–H and O–H groups in total. The summed E-state index contributed by atoms with van der Waals surface area (Å²) in [6.45, 7) is 2.08. The molecule has 0 fully saturated rings. The van der Waals surface area contributed by atoms with E-state index in [1.807, 2.05) is 53.9 Å². The minimum absolute atomic E-state index is 0.0715. The Morgan fingerprint density at radius 1 is 1.14 bits per heavy atom. The molecule has 0 saturated carbocycles. The minimum Gasteiger partial charge on any atom is -0.493 e. The van der Waals surface area contributed by atoms with Gasteiger partial charge in [-0.1, -0.05) is 18.2 Å². The molecule has 2 aromatic carbocycles. The summed E-state index contributed by atoms with van der Waals surface area (Å²) in [5, 5.41) is 10.9. The molecule has 2 heterocycles. The van der Waals surface area contributed by atoms with Crippen LogP contribution in [0, 0.1) is 0 Å². The van der Waals surface area contributed by atoms with Crippen molar-refractivity contribution in [2.24, 2.45) is 0 Å². The molecule has 1 aromatic heterocycles. The van der Waals surface area contributed by atoms with Crippen LogP contribution >= 0.6 is 11.3 Å². The number of anilines is 2. The summed E-state index contributed by atoms with van der Waals surface area (Å²) in [6.07, 6.45) is 0.722. The quantitative estimate of drug-likeness (QED) is 0.596. The number of hydrogen-bond acceptors (Lipinski definition) is 5. The van der Waals surface area contributed by atoms with E-state index in [0.29, 0.717) is 17.4 Å². The number of carbonyl (C=O) groups is 2. The number of nitrogens with one attached hydrogen (secondary N) is 3. The van der Waals surface area contributed by atoms with Crippen molar-refractivity contribution < 1.29 is 14.3 Å². The Bertz CT molecular complexity index is 1040. The van der Waals surface area contributed by atoms with Gasteiger partial charge in [0.15, 0.2) is 5.13 Å². The van der Waals surface area contributed by atoms with Gasteiger partial charge in [0.1, 0.15) is 5.75 Å². The van der Waals surface area contributed by atoms with Gasteiger partial charge in [0, 0.05) is 35.5 Å². The molecule has 1 aliphatic heterocycles. The highest BCUT2D eigenvalue weighted by Gasteiger charge is 2.23. The summed E-state index contributed by atoms with van der Waals surface area (Å²) >= 11 is 1.35. The molecular weight excluding hydrogens is 388 g/mol. The number of fused-ring (bicyclic) bond motifs is 1. The van der Waals surface area contributed by atoms with Gasteiger partial charge in [-0.25, -0.2) is 9.78 Å². The summed E-state index contributed by atoms with van der Waals surface area (Å²) in [4.78, 5) is 28.2. The third-order valence-corrected chi connectivity index (χ3v) is 5.24. The monoisotopic (exact) mass is 408 g/mol. The van der Waals surface area contributed by atoms with Crippen LogP contribution in [0.2, 0.25) is 0 Å². The normalized spacial score (nSPS) is 15.0. The highest BCUT2D eigenvalue weighted by atomic mass is 32.1. The Kier molecular flexibility index (Phi) is 5.44. The van der Waals surface area contributed by atoms with Crippen molar-refractivity contribution in [3.05, 3.63) is 59.5 Å². The Balaban J connectivity index is 1.49. The van der Waals surface area contributed by atoms with Gasteiger partial charge in [-0.3, -0.25) is 10.1 Å². The highest BCUT2D eigenvalue weighted by Crippen LogP contribution is 2.36. The molecule has 0 bridgehead atoms. The predicted molar refractivity (Wildman–Crippen MR) is 113 cm³/mol. The summed E-state index contributed by atoms with van der Waals surface area (Å²) in [6, 6.07) is 14.6. The SMILES string of the molecule is CC(=O)NC1CCOc2ccc(-c3csc(NC(=O)Nc4ccccc4)n3)cc21. The average Bonchev–Trinajstić information content (AvgIpc) is 3.16. The van der Waals surface area contributed by atoms with Crippen LogP contribution in [0.3, 0.4) is 0 Å². The number of carbonyl (C=O) groups excluding carboxylic acids is 2. The number of amides is 3. The second-order valence-corrected chi connectivity index (χ2v) is 7.48. The summed E-state index contributed by atoms with van der Waals surface area (Å²) in [5.41, 5.74) is 3.30. The van der Waals surface area contributed by atoms with E-state index >= 15 is 0 Å². The second kappa shape index (κ2) is 8.32. The number of nitrogens with zero attached hydrogens (tertiary/aromatic N) is 1. The molecule has 1 unspecified atom stereocenters. The fraction of sp³-hybridized carbons (Fsp3) is 0.190. The molecule has 3 amide bonds. The van der Waals surface area contributed by atoms with Crippen molar-refractivity contribution in [3.63, 3.8) is 0 Å². The lowest BCUT2D eigenvalue weighted by Gasteiger charge is -2.26. The molecule has 0 saturated heterocycles. The molecule has 0 spiro atoms. The summed E-state index contributed by atoms with van der Waals surface area (Å²) < 4.78 is 5.71. The fourth-order valence-electron chi connectivity index (χ4n) is 3.19. The molecule has 29 heavy (non-hydrogen) atoms. The van der Waals surface area contributed by atoms with Crippen LogP contribution < -0.4 is 20.7 Å². The number of urea groups is 1. The Morgan fingerprint density at radius 3 is 2.76 bits per heavy atom. The zero-order valence-electron chi connectivity index (χ0n) is 15.8. The van der Waals surface area contributed by atoms with Crippen molar-refractivity contribution in [1.82, 2.24) is 10.3 Å². The lowest BCUT2D eigenvalue weighted by Crippen LogP contribution is -2.30. The molecule has 7 nitrogen and oxygen atoms in total. The number of aromatic nitrogens is 1. The van der Waals surface area contributed by atoms with Crippen LogP contribution in [-0.4, -0.2) is 23.5 Å². The Hall–Kier alpha value is -3.39. The van der Waals surface area contributed by atoms with Crippen LogP contribution in [0.15, 0.2) is 53.9 Å².